The van der Waals surface area contributed by atoms with Crippen molar-refractivity contribution in [3.05, 3.63) is 29.8 Å². The second-order valence-corrected chi connectivity index (χ2v) is 6.66. The van der Waals surface area contributed by atoms with Crippen LogP contribution in [-0.4, -0.2) is 5.11 Å². The van der Waals surface area contributed by atoms with Gasteiger partial charge in [0.2, 0.25) is 0 Å². The molecule has 1 nitrogen and oxygen atoms in total. The molecule has 0 unspecified atom stereocenters. The summed E-state index contributed by atoms with van der Waals surface area (Å²) in [6.07, 6.45) is 15.8. The molecule has 0 aromatic heterocycles. The predicted octanol–water partition coefficient (Wildman–Crippen LogP) is 7.20. The first-order chi connectivity index (χ1) is 10.8. The third kappa shape index (κ3) is 7.87. The highest BCUT2D eigenvalue weighted by Gasteiger charge is 2.14. The lowest BCUT2D eigenvalue weighted by Gasteiger charge is -2.18. The highest BCUT2D eigenvalue weighted by molar-refractivity contribution is 5.34. The maximum absolute atomic E-state index is 10.2. The van der Waals surface area contributed by atoms with E-state index in [4.69, 9.17) is 0 Å². The monoisotopic (exact) mass is 304 g/mol. The molecule has 0 amide bonds. The van der Waals surface area contributed by atoms with E-state index in [1.165, 1.54) is 82.6 Å². The molecule has 0 bridgehead atoms. The van der Waals surface area contributed by atoms with E-state index in [1.807, 2.05) is 12.1 Å². The molecule has 0 aliphatic heterocycles. The van der Waals surface area contributed by atoms with Crippen LogP contribution in [-0.2, 0) is 0 Å². The van der Waals surface area contributed by atoms with Crippen LogP contribution in [0.1, 0.15) is 102 Å². The number of benzene rings is 1. The smallest absolute Gasteiger partial charge is 0.119 e. The summed E-state index contributed by atoms with van der Waals surface area (Å²) in [5.74, 6) is 1.04. The molecule has 1 heteroatoms. The largest absolute Gasteiger partial charge is 0.508 e. The molecule has 1 rings (SSSR count). The summed E-state index contributed by atoms with van der Waals surface area (Å²) in [4.78, 5) is 0. The quantitative estimate of drug-likeness (QED) is 0.382. The van der Waals surface area contributed by atoms with Crippen LogP contribution in [0.3, 0.4) is 0 Å². The van der Waals surface area contributed by atoms with Crippen LogP contribution in [0.25, 0.3) is 0 Å². The van der Waals surface area contributed by atoms with Crippen LogP contribution in [0, 0.1) is 0 Å². The minimum atomic E-state index is 0.495. The Kier molecular flexibility index (Phi) is 10.9. The summed E-state index contributed by atoms with van der Waals surface area (Å²) < 4.78 is 0. The zero-order chi connectivity index (χ0) is 16.0. The molecule has 126 valence electrons. The Morgan fingerprint density at radius 3 is 1.73 bits per heavy atom. The first-order valence-electron chi connectivity index (χ1n) is 9.57. The summed E-state index contributed by atoms with van der Waals surface area (Å²) in [5.41, 5.74) is 1.17. The number of para-hydroxylation sites is 1. The molecule has 1 aromatic rings. The number of unbranched alkanes of at least 4 members (excludes halogenated alkanes) is 8. The van der Waals surface area contributed by atoms with Gasteiger partial charge in [-0.15, -0.1) is 0 Å². The zero-order valence-corrected chi connectivity index (χ0v) is 14.8. The van der Waals surface area contributed by atoms with Gasteiger partial charge in [0.15, 0.2) is 0 Å². The fourth-order valence-corrected chi connectivity index (χ4v) is 3.28. The van der Waals surface area contributed by atoms with Gasteiger partial charge in [-0.05, 0) is 30.4 Å². The second-order valence-electron chi connectivity index (χ2n) is 6.66. The molecule has 0 aliphatic carbocycles. The van der Waals surface area contributed by atoms with E-state index in [2.05, 4.69) is 26.0 Å². The fraction of sp³-hybridized carbons (Fsp3) is 0.714. The van der Waals surface area contributed by atoms with Crippen molar-refractivity contribution in [1.82, 2.24) is 0 Å². The van der Waals surface area contributed by atoms with E-state index in [9.17, 15) is 5.11 Å². The number of hydrogen-bond acceptors (Lipinski definition) is 1. The molecular formula is C21H36O. The van der Waals surface area contributed by atoms with E-state index in [1.54, 1.807) is 0 Å². The molecule has 0 saturated carbocycles. The van der Waals surface area contributed by atoms with Gasteiger partial charge in [0.1, 0.15) is 5.75 Å². The maximum Gasteiger partial charge on any atom is 0.119 e. The van der Waals surface area contributed by atoms with Gasteiger partial charge >= 0.3 is 0 Å². The second kappa shape index (κ2) is 12.6. The number of aromatic hydroxyl groups is 1. The van der Waals surface area contributed by atoms with E-state index in [0.717, 1.165) is 0 Å². The normalized spacial score (nSPS) is 11.2. The zero-order valence-electron chi connectivity index (χ0n) is 14.8. The Balaban J connectivity index is 2.44. The average molecular weight is 305 g/mol. The van der Waals surface area contributed by atoms with Crippen molar-refractivity contribution < 1.29 is 5.11 Å². The van der Waals surface area contributed by atoms with Crippen LogP contribution in [0.2, 0.25) is 0 Å². The van der Waals surface area contributed by atoms with Crippen LogP contribution < -0.4 is 0 Å². The lowest BCUT2D eigenvalue weighted by atomic mass is 9.87. The SMILES string of the molecule is CCCCCCCC(CCCCCCC)c1ccccc1O. The molecule has 0 atom stereocenters. The Morgan fingerprint density at radius 1 is 0.727 bits per heavy atom. The van der Waals surface area contributed by atoms with Gasteiger partial charge in [-0.1, -0.05) is 96.3 Å². The van der Waals surface area contributed by atoms with Gasteiger partial charge in [0.25, 0.3) is 0 Å². The van der Waals surface area contributed by atoms with Crippen molar-refractivity contribution in [2.24, 2.45) is 0 Å². The number of phenols is 1. The molecule has 0 heterocycles. The van der Waals surface area contributed by atoms with Gasteiger partial charge in [-0.25, -0.2) is 0 Å². The molecule has 1 N–H and O–H groups in total. The van der Waals surface area contributed by atoms with E-state index < -0.39 is 0 Å². The standard InChI is InChI=1S/C21H36O/c1-3-5-7-9-11-15-19(16-12-10-8-6-4-2)20-17-13-14-18-21(20)22/h13-14,17-19,22H,3-12,15-16H2,1-2H3. The van der Waals surface area contributed by atoms with Crippen molar-refractivity contribution in [2.45, 2.75) is 96.8 Å². The Bertz CT molecular complexity index is 358. The van der Waals surface area contributed by atoms with Gasteiger partial charge in [-0.3, -0.25) is 0 Å². The van der Waals surface area contributed by atoms with E-state index >= 15 is 0 Å². The van der Waals surface area contributed by atoms with Crippen molar-refractivity contribution in [3.63, 3.8) is 0 Å². The fourth-order valence-electron chi connectivity index (χ4n) is 3.28. The minimum absolute atomic E-state index is 0.495. The first-order valence-corrected chi connectivity index (χ1v) is 9.57. The van der Waals surface area contributed by atoms with Crippen molar-refractivity contribution >= 4 is 0 Å². The molecule has 0 fully saturated rings. The van der Waals surface area contributed by atoms with Gasteiger partial charge in [0.05, 0.1) is 0 Å². The third-order valence-electron chi connectivity index (χ3n) is 4.69. The first kappa shape index (κ1) is 19.1. The number of hydrogen-bond donors (Lipinski definition) is 1. The molecule has 0 radical (unpaired) electrons. The Morgan fingerprint density at radius 2 is 1.23 bits per heavy atom. The maximum atomic E-state index is 10.2. The van der Waals surface area contributed by atoms with Gasteiger partial charge in [0, 0.05) is 0 Å². The summed E-state index contributed by atoms with van der Waals surface area (Å²) in [6, 6.07) is 7.96. The molecule has 0 aliphatic rings. The minimum Gasteiger partial charge on any atom is -0.508 e. The van der Waals surface area contributed by atoms with Crippen LogP contribution in [0.5, 0.6) is 5.75 Å². The van der Waals surface area contributed by atoms with Gasteiger partial charge in [-0.2, -0.15) is 0 Å². The summed E-state index contributed by atoms with van der Waals surface area (Å²) >= 11 is 0. The van der Waals surface area contributed by atoms with E-state index in [-0.39, 0.29) is 0 Å². The highest BCUT2D eigenvalue weighted by atomic mass is 16.3. The Hall–Kier alpha value is -0.980. The molecule has 22 heavy (non-hydrogen) atoms. The summed E-state index contributed by atoms with van der Waals surface area (Å²) in [6.45, 7) is 4.53. The number of phenolic OH excluding ortho intramolecular Hbond substituents is 1. The van der Waals surface area contributed by atoms with Gasteiger partial charge < -0.3 is 5.11 Å². The summed E-state index contributed by atoms with van der Waals surface area (Å²) in [5, 5.41) is 10.2. The van der Waals surface area contributed by atoms with Crippen LogP contribution >= 0.6 is 0 Å². The predicted molar refractivity (Wildman–Crippen MR) is 97.6 cm³/mol. The van der Waals surface area contributed by atoms with E-state index in [0.29, 0.717) is 11.7 Å². The van der Waals surface area contributed by atoms with Crippen molar-refractivity contribution in [1.29, 1.82) is 0 Å². The molecular weight excluding hydrogens is 268 g/mol. The lowest BCUT2D eigenvalue weighted by Crippen LogP contribution is -2.00. The third-order valence-corrected chi connectivity index (χ3v) is 4.69. The molecule has 0 spiro atoms. The topological polar surface area (TPSA) is 20.2 Å². The van der Waals surface area contributed by atoms with Crippen LogP contribution in [0.15, 0.2) is 24.3 Å². The average Bonchev–Trinajstić information content (AvgIpc) is 2.53. The van der Waals surface area contributed by atoms with Crippen molar-refractivity contribution in [3.8, 4) is 5.75 Å². The Labute approximate surface area is 138 Å². The van der Waals surface area contributed by atoms with Crippen LogP contribution in [0.4, 0.5) is 0 Å². The lowest BCUT2D eigenvalue weighted by molar-refractivity contribution is 0.439. The summed E-state index contributed by atoms with van der Waals surface area (Å²) in [7, 11) is 0. The highest BCUT2D eigenvalue weighted by Crippen LogP contribution is 2.33. The molecule has 1 aromatic carbocycles. The molecule has 0 saturated heterocycles. The van der Waals surface area contributed by atoms with Crippen molar-refractivity contribution in [2.75, 3.05) is 0 Å². The number of rotatable bonds is 13.